The van der Waals surface area contributed by atoms with Gasteiger partial charge in [0.25, 0.3) is 0 Å². The molecule has 0 fully saturated rings. The van der Waals surface area contributed by atoms with Crippen molar-refractivity contribution < 1.29 is 13.2 Å². The van der Waals surface area contributed by atoms with Gasteiger partial charge in [-0.3, -0.25) is 0 Å². The maximum atomic E-state index is 12.8. The summed E-state index contributed by atoms with van der Waals surface area (Å²) in [7, 11) is 0. The number of nitrogens with one attached hydrogen (secondary N) is 1. The van der Waals surface area contributed by atoms with Crippen LogP contribution in [0.25, 0.3) is 0 Å². The fourth-order valence-corrected chi connectivity index (χ4v) is 3.22. The van der Waals surface area contributed by atoms with Crippen LogP contribution in [0.3, 0.4) is 0 Å². The van der Waals surface area contributed by atoms with Crippen LogP contribution in [0.5, 0.6) is 0 Å². The zero-order valence-electron chi connectivity index (χ0n) is 10.9. The highest BCUT2D eigenvalue weighted by Crippen LogP contribution is 2.34. The van der Waals surface area contributed by atoms with Gasteiger partial charge in [-0.05, 0) is 44.2 Å². The summed E-state index contributed by atoms with van der Waals surface area (Å²) < 4.78 is 38.7. The SMILES string of the molecule is Cc1ccc(C(C)Nc2cc(Br)cc(C(F)(F)F)c2)s1. The normalized spacial score (nSPS) is 13.3. The summed E-state index contributed by atoms with van der Waals surface area (Å²) in [6.07, 6.45) is -4.34. The Hall–Kier alpha value is -1.01. The molecule has 108 valence electrons. The van der Waals surface area contributed by atoms with Gasteiger partial charge >= 0.3 is 6.18 Å². The van der Waals surface area contributed by atoms with Crippen molar-refractivity contribution in [3.8, 4) is 0 Å². The number of hydrogen-bond acceptors (Lipinski definition) is 2. The summed E-state index contributed by atoms with van der Waals surface area (Å²) in [5.41, 5.74) is -0.214. The summed E-state index contributed by atoms with van der Waals surface area (Å²) in [5, 5.41) is 3.11. The van der Waals surface area contributed by atoms with Gasteiger partial charge in [-0.15, -0.1) is 11.3 Å². The van der Waals surface area contributed by atoms with E-state index in [9.17, 15) is 13.2 Å². The molecule has 1 aromatic carbocycles. The smallest absolute Gasteiger partial charge is 0.378 e. The van der Waals surface area contributed by atoms with Crippen LogP contribution in [0, 0.1) is 6.92 Å². The molecule has 1 atom stereocenters. The van der Waals surface area contributed by atoms with E-state index in [1.807, 2.05) is 26.0 Å². The zero-order chi connectivity index (χ0) is 14.9. The molecule has 1 nitrogen and oxygen atoms in total. The van der Waals surface area contributed by atoms with Crippen molar-refractivity contribution in [3.63, 3.8) is 0 Å². The second-order valence-electron chi connectivity index (χ2n) is 4.54. The summed E-state index contributed by atoms with van der Waals surface area (Å²) in [5.74, 6) is 0. The Bertz CT molecular complexity index is 607. The molecule has 1 N–H and O–H groups in total. The first-order valence-electron chi connectivity index (χ1n) is 5.96. The standard InChI is InChI=1S/C14H13BrF3NS/c1-8-3-4-13(20-8)9(2)19-12-6-10(14(16,17)18)5-11(15)7-12/h3-7,9,19H,1-2H3. The maximum Gasteiger partial charge on any atom is 0.416 e. The first-order chi connectivity index (χ1) is 9.25. The molecule has 1 heterocycles. The third kappa shape index (κ3) is 3.76. The first kappa shape index (κ1) is 15.4. The molecule has 2 aromatic rings. The Balaban J connectivity index is 2.23. The molecule has 1 unspecified atom stereocenters. The minimum atomic E-state index is -4.34. The van der Waals surface area contributed by atoms with Crippen LogP contribution >= 0.6 is 27.3 Å². The second-order valence-corrected chi connectivity index (χ2v) is 6.78. The molecule has 0 bridgehead atoms. The molecule has 0 saturated carbocycles. The lowest BCUT2D eigenvalue weighted by molar-refractivity contribution is -0.137. The number of rotatable bonds is 3. The predicted molar refractivity (Wildman–Crippen MR) is 80.2 cm³/mol. The molecule has 6 heteroatoms. The van der Waals surface area contributed by atoms with Crippen LogP contribution in [0.4, 0.5) is 18.9 Å². The average Bonchev–Trinajstić information content (AvgIpc) is 2.74. The summed E-state index contributed by atoms with van der Waals surface area (Å²) in [4.78, 5) is 2.27. The van der Waals surface area contributed by atoms with Crippen LogP contribution < -0.4 is 5.32 Å². The number of halogens is 4. The quantitative estimate of drug-likeness (QED) is 0.703. The Morgan fingerprint density at radius 2 is 1.90 bits per heavy atom. The monoisotopic (exact) mass is 363 g/mol. The average molecular weight is 364 g/mol. The van der Waals surface area contributed by atoms with E-state index in [0.717, 1.165) is 17.0 Å². The van der Waals surface area contributed by atoms with Crippen LogP contribution in [-0.4, -0.2) is 0 Å². The minimum Gasteiger partial charge on any atom is -0.378 e. The molecule has 1 aromatic heterocycles. The summed E-state index contributed by atoms with van der Waals surface area (Å²) in [6.45, 7) is 3.93. The summed E-state index contributed by atoms with van der Waals surface area (Å²) >= 11 is 4.75. The van der Waals surface area contributed by atoms with Crippen molar-refractivity contribution in [2.75, 3.05) is 5.32 Å². The molecular weight excluding hydrogens is 351 g/mol. The van der Waals surface area contributed by atoms with Crippen LogP contribution in [-0.2, 0) is 6.18 Å². The number of hydrogen-bond donors (Lipinski definition) is 1. The van der Waals surface area contributed by atoms with E-state index in [0.29, 0.717) is 10.2 Å². The van der Waals surface area contributed by atoms with Gasteiger partial charge in [0.15, 0.2) is 0 Å². The lowest BCUT2D eigenvalue weighted by Crippen LogP contribution is -2.08. The van der Waals surface area contributed by atoms with Gasteiger partial charge in [-0.1, -0.05) is 15.9 Å². The fraction of sp³-hybridized carbons (Fsp3) is 0.286. The predicted octanol–water partition coefficient (Wildman–Crippen LogP) is 6.01. The topological polar surface area (TPSA) is 12.0 Å². The van der Waals surface area contributed by atoms with Crippen molar-refractivity contribution in [1.82, 2.24) is 0 Å². The van der Waals surface area contributed by atoms with Crippen molar-refractivity contribution in [1.29, 1.82) is 0 Å². The highest BCUT2D eigenvalue weighted by molar-refractivity contribution is 9.10. The van der Waals surface area contributed by atoms with E-state index in [4.69, 9.17) is 0 Å². The van der Waals surface area contributed by atoms with E-state index in [1.165, 1.54) is 4.88 Å². The number of benzene rings is 1. The molecule has 2 rings (SSSR count). The molecule has 0 amide bonds. The highest BCUT2D eigenvalue weighted by Gasteiger charge is 2.31. The Kier molecular flexibility index (Phi) is 4.44. The van der Waals surface area contributed by atoms with Gasteiger partial charge in [0.1, 0.15) is 0 Å². The Morgan fingerprint density at radius 3 is 2.45 bits per heavy atom. The van der Waals surface area contributed by atoms with Crippen molar-refractivity contribution in [2.45, 2.75) is 26.1 Å². The Labute approximate surface area is 128 Å². The van der Waals surface area contributed by atoms with E-state index < -0.39 is 11.7 Å². The fourth-order valence-electron chi connectivity index (χ4n) is 1.84. The number of anilines is 1. The second kappa shape index (κ2) is 5.77. The lowest BCUT2D eigenvalue weighted by Gasteiger charge is -2.16. The lowest BCUT2D eigenvalue weighted by atomic mass is 10.1. The molecular formula is C14H13BrF3NS. The van der Waals surface area contributed by atoms with Gasteiger partial charge in [-0.25, -0.2) is 0 Å². The highest BCUT2D eigenvalue weighted by atomic mass is 79.9. The number of alkyl halides is 3. The van der Waals surface area contributed by atoms with Crippen LogP contribution in [0.1, 0.15) is 28.3 Å². The molecule has 0 aliphatic heterocycles. The molecule has 0 radical (unpaired) electrons. The number of aryl methyl sites for hydroxylation is 1. The largest absolute Gasteiger partial charge is 0.416 e. The van der Waals surface area contributed by atoms with E-state index in [1.54, 1.807) is 17.4 Å². The van der Waals surface area contributed by atoms with Crippen molar-refractivity contribution in [2.24, 2.45) is 0 Å². The maximum absolute atomic E-state index is 12.8. The molecule has 0 saturated heterocycles. The van der Waals surface area contributed by atoms with E-state index in [-0.39, 0.29) is 6.04 Å². The zero-order valence-corrected chi connectivity index (χ0v) is 13.3. The molecule has 0 aliphatic rings. The first-order valence-corrected chi connectivity index (χ1v) is 7.57. The van der Waals surface area contributed by atoms with Gasteiger partial charge in [0.05, 0.1) is 11.6 Å². The van der Waals surface area contributed by atoms with E-state index >= 15 is 0 Å². The van der Waals surface area contributed by atoms with Gasteiger partial charge in [-0.2, -0.15) is 13.2 Å². The van der Waals surface area contributed by atoms with Crippen molar-refractivity contribution in [3.05, 3.63) is 50.1 Å². The third-order valence-electron chi connectivity index (χ3n) is 2.80. The van der Waals surface area contributed by atoms with Gasteiger partial charge in [0.2, 0.25) is 0 Å². The molecule has 0 spiro atoms. The number of thiophene rings is 1. The van der Waals surface area contributed by atoms with Crippen LogP contribution in [0.2, 0.25) is 0 Å². The minimum absolute atomic E-state index is 0.0379. The summed E-state index contributed by atoms with van der Waals surface area (Å²) in [6, 6.07) is 7.80. The van der Waals surface area contributed by atoms with Crippen LogP contribution in [0.15, 0.2) is 34.8 Å². The molecule has 0 aliphatic carbocycles. The molecule has 20 heavy (non-hydrogen) atoms. The van der Waals surface area contributed by atoms with Gasteiger partial charge < -0.3 is 5.32 Å². The Morgan fingerprint density at radius 1 is 1.20 bits per heavy atom. The van der Waals surface area contributed by atoms with E-state index in [2.05, 4.69) is 21.2 Å². The van der Waals surface area contributed by atoms with Gasteiger partial charge in [0, 0.05) is 19.9 Å². The van der Waals surface area contributed by atoms with Crippen molar-refractivity contribution >= 4 is 33.0 Å². The third-order valence-corrected chi connectivity index (χ3v) is 4.44.